The van der Waals surface area contributed by atoms with Crippen LogP contribution in [0.25, 0.3) is 0 Å². The predicted molar refractivity (Wildman–Crippen MR) is 85.4 cm³/mol. The molecule has 0 aromatic heterocycles. The number of nitrogens with one attached hydrogen (secondary N) is 2. The zero-order valence-corrected chi connectivity index (χ0v) is 13.3. The zero-order valence-electron chi connectivity index (χ0n) is 11.0. The second-order valence-corrected chi connectivity index (χ2v) is 5.14. The van der Waals surface area contributed by atoms with E-state index in [2.05, 4.69) is 34.7 Å². The highest BCUT2D eigenvalue weighted by Crippen LogP contribution is 2.45. The third-order valence-corrected chi connectivity index (χ3v) is 3.56. The minimum Gasteiger partial charge on any atom is -0.396 e. The molecule has 4 nitrogen and oxygen atoms in total. The van der Waals surface area contributed by atoms with Crippen LogP contribution in [0.4, 0.5) is 0 Å². The Hall–Kier alpha value is -0.300. The molecule has 0 unspecified atom stereocenters. The predicted octanol–water partition coefficient (Wildman–Crippen LogP) is 1.65. The summed E-state index contributed by atoms with van der Waals surface area (Å²) in [4.78, 5) is 4.59. The first kappa shape index (κ1) is 15.8. The molecule has 0 aromatic rings. The van der Waals surface area contributed by atoms with Gasteiger partial charge in [0.2, 0.25) is 0 Å². The number of rotatable bonds is 5. The minimum atomic E-state index is 0. The Morgan fingerprint density at radius 3 is 2.56 bits per heavy atom. The Kier molecular flexibility index (Phi) is 6.42. The smallest absolute Gasteiger partial charge is 0.191 e. The SMILES string of the molecule is CCNC(=NCC1(CO)CC1)NC1CC=CC1.I. The van der Waals surface area contributed by atoms with Crippen molar-refractivity contribution in [3.8, 4) is 0 Å². The molecule has 0 spiro atoms. The van der Waals surface area contributed by atoms with Crippen molar-refractivity contribution in [2.45, 2.75) is 38.6 Å². The molecule has 18 heavy (non-hydrogen) atoms. The number of hydrogen-bond donors (Lipinski definition) is 3. The molecule has 0 saturated heterocycles. The molecular formula is C13H24IN3O. The first-order chi connectivity index (χ1) is 8.28. The van der Waals surface area contributed by atoms with E-state index in [1.165, 1.54) is 0 Å². The minimum absolute atomic E-state index is 0. The molecule has 1 fully saturated rings. The summed E-state index contributed by atoms with van der Waals surface area (Å²) in [6.07, 6.45) is 8.79. The molecule has 0 heterocycles. The summed E-state index contributed by atoms with van der Waals surface area (Å²) in [5.41, 5.74) is 0.0935. The summed E-state index contributed by atoms with van der Waals surface area (Å²) >= 11 is 0. The quantitative estimate of drug-likeness (QED) is 0.301. The number of aliphatic hydroxyl groups is 1. The van der Waals surface area contributed by atoms with Crippen molar-refractivity contribution >= 4 is 29.9 Å². The van der Waals surface area contributed by atoms with Gasteiger partial charge in [0.05, 0.1) is 13.2 Å². The van der Waals surface area contributed by atoms with Crippen LogP contribution in [-0.4, -0.2) is 36.8 Å². The number of guanidine groups is 1. The second-order valence-electron chi connectivity index (χ2n) is 5.14. The number of halogens is 1. The normalized spacial score (nSPS) is 21.6. The van der Waals surface area contributed by atoms with Gasteiger partial charge in [-0.05, 0) is 32.6 Å². The Morgan fingerprint density at radius 1 is 1.39 bits per heavy atom. The van der Waals surface area contributed by atoms with Gasteiger partial charge in [-0.15, -0.1) is 24.0 Å². The van der Waals surface area contributed by atoms with Crippen LogP contribution >= 0.6 is 24.0 Å². The first-order valence-electron chi connectivity index (χ1n) is 6.59. The molecule has 3 N–H and O–H groups in total. The average molecular weight is 365 g/mol. The third-order valence-electron chi connectivity index (χ3n) is 3.56. The van der Waals surface area contributed by atoms with Crippen molar-refractivity contribution in [3.63, 3.8) is 0 Å². The molecule has 2 rings (SSSR count). The van der Waals surface area contributed by atoms with Gasteiger partial charge in [0, 0.05) is 18.0 Å². The van der Waals surface area contributed by atoms with Crippen LogP contribution in [0.5, 0.6) is 0 Å². The molecule has 104 valence electrons. The highest BCUT2D eigenvalue weighted by atomic mass is 127. The van der Waals surface area contributed by atoms with E-state index in [9.17, 15) is 5.11 Å². The average Bonchev–Trinajstić information content (AvgIpc) is 2.95. The maximum absolute atomic E-state index is 9.26. The van der Waals surface area contributed by atoms with Gasteiger partial charge in [-0.3, -0.25) is 4.99 Å². The zero-order chi connectivity index (χ0) is 12.1. The van der Waals surface area contributed by atoms with Gasteiger partial charge in [0.25, 0.3) is 0 Å². The van der Waals surface area contributed by atoms with Gasteiger partial charge in [0.1, 0.15) is 0 Å². The van der Waals surface area contributed by atoms with E-state index in [-0.39, 0.29) is 36.0 Å². The fraction of sp³-hybridized carbons (Fsp3) is 0.769. The van der Waals surface area contributed by atoms with E-state index < -0.39 is 0 Å². The van der Waals surface area contributed by atoms with Gasteiger partial charge in [0.15, 0.2) is 5.96 Å². The van der Waals surface area contributed by atoms with E-state index in [1.807, 2.05) is 0 Å². The fourth-order valence-corrected chi connectivity index (χ4v) is 2.04. The van der Waals surface area contributed by atoms with Crippen LogP contribution in [0, 0.1) is 5.41 Å². The van der Waals surface area contributed by atoms with Crippen molar-refractivity contribution in [1.29, 1.82) is 0 Å². The molecule has 0 amide bonds. The van der Waals surface area contributed by atoms with E-state index in [0.717, 1.165) is 44.7 Å². The lowest BCUT2D eigenvalue weighted by Gasteiger charge is -2.17. The summed E-state index contributed by atoms with van der Waals surface area (Å²) in [6.45, 7) is 3.95. The largest absolute Gasteiger partial charge is 0.396 e. The maximum atomic E-state index is 9.26. The molecular weight excluding hydrogens is 341 g/mol. The summed E-state index contributed by atoms with van der Waals surface area (Å²) in [5.74, 6) is 0.890. The highest BCUT2D eigenvalue weighted by Gasteiger charge is 2.41. The van der Waals surface area contributed by atoms with E-state index in [4.69, 9.17) is 0 Å². The molecule has 1 saturated carbocycles. The molecule has 0 bridgehead atoms. The number of aliphatic hydroxyl groups excluding tert-OH is 1. The summed E-state index contributed by atoms with van der Waals surface area (Å²) in [7, 11) is 0. The van der Waals surface area contributed by atoms with Gasteiger partial charge in [-0.25, -0.2) is 0 Å². The van der Waals surface area contributed by atoms with Gasteiger partial charge < -0.3 is 15.7 Å². The van der Waals surface area contributed by atoms with Gasteiger partial charge in [-0.2, -0.15) is 0 Å². The number of aliphatic imine (C=N–C) groups is 1. The van der Waals surface area contributed by atoms with Crippen LogP contribution in [0.15, 0.2) is 17.1 Å². The standard InChI is InChI=1S/C13H23N3O.HI/c1-2-14-12(16-11-5-3-4-6-11)15-9-13(10-17)7-8-13;/h3-4,11,17H,2,5-10H2,1H3,(H2,14,15,16);1H. The van der Waals surface area contributed by atoms with Crippen molar-refractivity contribution in [3.05, 3.63) is 12.2 Å². The van der Waals surface area contributed by atoms with E-state index in [0.29, 0.717) is 6.04 Å². The monoisotopic (exact) mass is 365 g/mol. The van der Waals surface area contributed by atoms with Crippen LogP contribution in [0.3, 0.4) is 0 Å². The number of hydrogen-bond acceptors (Lipinski definition) is 2. The van der Waals surface area contributed by atoms with Crippen LogP contribution in [0.1, 0.15) is 32.6 Å². The number of nitrogens with zero attached hydrogens (tertiary/aromatic N) is 1. The van der Waals surface area contributed by atoms with Crippen LogP contribution in [0.2, 0.25) is 0 Å². The van der Waals surface area contributed by atoms with Crippen LogP contribution < -0.4 is 10.6 Å². The molecule has 2 aliphatic rings. The Labute approximate surface area is 126 Å². The Bertz CT molecular complexity index is 305. The Balaban J connectivity index is 0.00000162. The molecule has 0 atom stereocenters. The summed E-state index contributed by atoms with van der Waals surface area (Å²) < 4.78 is 0. The first-order valence-corrected chi connectivity index (χ1v) is 6.59. The molecule has 0 aliphatic heterocycles. The van der Waals surface area contributed by atoms with Gasteiger partial charge >= 0.3 is 0 Å². The van der Waals surface area contributed by atoms with Crippen molar-refractivity contribution in [2.24, 2.45) is 10.4 Å². The maximum Gasteiger partial charge on any atom is 0.191 e. The van der Waals surface area contributed by atoms with Gasteiger partial charge in [-0.1, -0.05) is 12.2 Å². The molecule has 2 aliphatic carbocycles. The topological polar surface area (TPSA) is 56.7 Å². The van der Waals surface area contributed by atoms with E-state index >= 15 is 0 Å². The lowest BCUT2D eigenvalue weighted by atomic mass is 10.1. The Morgan fingerprint density at radius 2 is 2.06 bits per heavy atom. The van der Waals surface area contributed by atoms with E-state index in [1.54, 1.807) is 0 Å². The summed E-state index contributed by atoms with van der Waals surface area (Å²) in [6, 6.07) is 0.483. The van der Waals surface area contributed by atoms with Crippen molar-refractivity contribution in [2.75, 3.05) is 19.7 Å². The van der Waals surface area contributed by atoms with Crippen molar-refractivity contribution < 1.29 is 5.11 Å². The molecule has 5 heteroatoms. The third kappa shape index (κ3) is 4.42. The summed E-state index contributed by atoms with van der Waals surface area (Å²) in [5, 5.41) is 16.0. The highest BCUT2D eigenvalue weighted by molar-refractivity contribution is 14.0. The van der Waals surface area contributed by atoms with Crippen LogP contribution in [-0.2, 0) is 0 Å². The molecule has 0 radical (unpaired) electrons. The van der Waals surface area contributed by atoms with Crippen molar-refractivity contribution in [1.82, 2.24) is 10.6 Å². The lowest BCUT2D eigenvalue weighted by Crippen LogP contribution is -2.42. The molecule has 0 aromatic carbocycles. The second kappa shape index (κ2) is 7.33. The lowest BCUT2D eigenvalue weighted by molar-refractivity contribution is 0.217. The fourth-order valence-electron chi connectivity index (χ4n) is 2.04.